The Bertz CT molecular complexity index is 225. The molecule has 0 aromatic rings. The van der Waals surface area contributed by atoms with Crippen molar-refractivity contribution in [3.05, 3.63) is 0 Å². The summed E-state index contributed by atoms with van der Waals surface area (Å²) in [4.78, 5) is 11.6. The number of unbranched alkanes of at least 4 members (excludes halogenated alkanes) is 7. The SMILES string of the molecule is CCCCCCCCCCOC(=O)[C@@H](N)[C@@H](C)CC.Cl. The molecule has 0 aliphatic carbocycles. The van der Waals surface area contributed by atoms with Crippen LogP contribution in [0, 0.1) is 5.92 Å². The summed E-state index contributed by atoms with van der Waals surface area (Å²) < 4.78 is 5.21. The average molecular weight is 308 g/mol. The van der Waals surface area contributed by atoms with Gasteiger partial charge in [-0.3, -0.25) is 4.79 Å². The summed E-state index contributed by atoms with van der Waals surface area (Å²) >= 11 is 0. The van der Waals surface area contributed by atoms with Gasteiger partial charge in [0.1, 0.15) is 6.04 Å². The lowest BCUT2D eigenvalue weighted by atomic mass is 10.0. The molecule has 4 heteroatoms. The molecule has 20 heavy (non-hydrogen) atoms. The van der Waals surface area contributed by atoms with Crippen LogP contribution < -0.4 is 5.73 Å². The van der Waals surface area contributed by atoms with Gasteiger partial charge in [-0.1, -0.05) is 72.1 Å². The molecular formula is C16H34ClNO2. The standard InChI is InChI=1S/C16H33NO2.ClH/c1-4-6-7-8-9-10-11-12-13-19-16(18)15(17)14(3)5-2;/h14-15H,4-13,17H2,1-3H3;1H/t14-,15-;/m0./s1. The molecule has 122 valence electrons. The van der Waals surface area contributed by atoms with Crippen LogP contribution in [-0.2, 0) is 9.53 Å². The van der Waals surface area contributed by atoms with Crippen LogP contribution in [0.25, 0.3) is 0 Å². The highest BCUT2D eigenvalue weighted by atomic mass is 35.5. The van der Waals surface area contributed by atoms with Crippen LogP contribution in [0.2, 0.25) is 0 Å². The second kappa shape index (κ2) is 15.1. The van der Waals surface area contributed by atoms with Gasteiger partial charge in [0, 0.05) is 0 Å². The smallest absolute Gasteiger partial charge is 0.323 e. The van der Waals surface area contributed by atoms with E-state index in [0.29, 0.717) is 6.61 Å². The van der Waals surface area contributed by atoms with E-state index in [-0.39, 0.29) is 24.3 Å². The molecular weight excluding hydrogens is 274 g/mol. The Morgan fingerprint density at radius 2 is 1.50 bits per heavy atom. The van der Waals surface area contributed by atoms with Gasteiger partial charge in [0.15, 0.2) is 0 Å². The Morgan fingerprint density at radius 1 is 1.00 bits per heavy atom. The Labute approximate surface area is 131 Å². The van der Waals surface area contributed by atoms with Crippen LogP contribution in [0.1, 0.15) is 78.6 Å². The number of carbonyl (C=O) groups excluding carboxylic acids is 1. The number of rotatable bonds is 12. The van der Waals surface area contributed by atoms with E-state index in [4.69, 9.17) is 10.5 Å². The van der Waals surface area contributed by atoms with E-state index in [1.165, 1.54) is 38.5 Å². The zero-order valence-electron chi connectivity index (χ0n) is 13.5. The van der Waals surface area contributed by atoms with E-state index in [1.54, 1.807) is 0 Å². The minimum Gasteiger partial charge on any atom is -0.465 e. The maximum absolute atomic E-state index is 11.6. The predicted molar refractivity (Wildman–Crippen MR) is 88.2 cm³/mol. The van der Waals surface area contributed by atoms with E-state index in [2.05, 4.69) is 6.92 Å². The number of nitrogens with two attached hydrogens (primary N) is 1. The highest BCUT2D eigenvalue weighted by Crippen LogP contribution is 2.09. The maximum Gasteiger partial charge on any atom is 0.323 e. The fraction of sp³-hybridized carbons (Fsp3) is 0.938. The second-order valence-corrected chi connectivity index (χ2v) is 5.55. The van der Waals surface area contributed by atoms with Crippen LogP contribution in [-0.4, -0.2) is 18.6 Å². The van der Waals surface area contributed by atoms with Gasteiger partial charge < -0.3 is 10.5 Å². The summed E-state index contributed by atoms with van der Waals surface area (Å²) in [6.45, 7) is 6.79. The molecule has 0 aromatic heterocycles. The summed E-state index contributed by atoms with van der Waals surface area (Å²) in [6.07, 6.45) is 10.9. The summed E-state index contributed by atoms with van der Waals surface area (Å²) in [6, 6.07) is -0.459. The fourth-order valence-corrected chi connectivity index (χ4v) is 1.99. The highest BCUT2D eigenvalue weighted by Gasteiger charge is 2.20. The lowest BCUT2D eigenvalue weighted by molar-refractivity contribution is -0.146. The molecule has 2 atom stereocenters. The molecule has 0 rings (SSSR count). The second-order valence-electron chi connectivity index (χ2n) is 5.55. The lowest BCUT2D eigenvalue weighted by Gasteiger charge is -2.16. The minimum absolute atomic E-state index is 0. The number of esters is 1. The summed E-state index contributed by atoms with van der Waals surface area (Å²) in [5.74, 6) is -0.0386. The van der Waals surface area contributed by atoms with Gasteiger partial charge in [-0.05, 0) is 12.3 Å². The van der Waals surface area contributed by atoms with Crippen LogP contribution in [0.15, 0.2) is 0 Å². The number of halogens is 1. The lowest BCUT2D eigenvalue weighted by Crippen LogP contribution is -2.38. The molecule has 0 aliphatic heterocycles. The van der Waals surface area contributed by atoms with Gasteiger partial charge in [0.25, 0.3) is 0 Å². The Morgan fingerprint density at radius 3 is 2.00 bits per heavy atom. The molecule has 0 radical (unpaired) electrons. The first kappa shape index (κ1) is 22.0. The summed E-state index contributed by atoms with van der Waals surface area (Å²) in [5, 5.41) is 0. The summed E-state index contributed by atoms with van der Waals surface area (Å²) in [7, 11) is 0. The van der Waals surface area contributed by atoms with Crippen molar-refractivity contribution >= 4 is 18.4 Å². The Balaban J connectivity index is 0. The van der Waals surface area contributed by atoms with Gasteiger partial charge in [-0.25, -0.2) is 0 Å². The van der Waals surface area contributed by atoms with E-state index >= 15 is 0 Å². The molecule has 0 saturated heterocycles. The van der Waals surface area contributed by atoms with Crippen molar-refractivity contribution in [1.82, 2.24) is 0 Å². The van der Waals surface area contributed by atoms with Gasteiger partial charge in [-0.15, -0.1) is 12.4 Å². The summed E-state index contributed by atoms with van der Waals surface area (Å²) in [5.41, 5.74) is 5.81. The van der Waals surface area contributed by atoms with Crippen molar-refractivity contribution in [2.75, 3.05) is 6.61 Å². The van der Waals surface area contributed by atoms with Gasteiger partial charge in [0.2, 0.25) is 0 Å². The van der Waals surface area contributed by atoms with Crippen molar-refractivity contribution < 1.29 is 9.53 Å². The van der Waals surface area contributed by atoms with E-state index in [0.717, 1.165) is 19.3 Å². The molecule has 3 nitrogen and oxygen atoms in total. The van der Waals surface area contributed by atoms with Crippen LogP contribution >= 0.6 is 12.4 Å². The number of ether oxygens (including phenoxy) is 1. The molecule has 0 aliphatic rings. The van der Waals surface area contributed by atoms with Crippen LogP contribution in [0.4, 0.5) is 0 Å². The number of carbonyl (C=O) groups is 1. The first-order valence-corrected chi connectivity index (χ1v) is 8.05. The largest absolute Gasteiger partial charge is 0.465 e. The molecule has 0 fully saturated rings. The van der Waals surface area contributed by atoms with Crippen molar-refractivity contribution in [3.63, 3.8) is 0 Å². The quantitative estimate of drug-likeness (QED) is 0.427. The molecule has 0 spiro atoms. The Kier molecular flexibility index (Phi) is 16.6. The average Bonchev–Trinajstić information content (AvgIpc) is 2.43. The molecule has 2 N–H and O–H groups in total. The zero-order chi connectivity index (χ0) is 14.5. The first-order valence-electron chi connectivity index (χ1n) is 8.05. The molecule has 0 saturated carbocycles. The molecule has 0 amide bonds. The van der Waals surface area contributed by atoms with Crippen molar-refractivity contribution in [2.24, 2.45) is 11.7 Å². The van der Waals surface area contributed by atoms with Gasteiger partial charge in [-0.2, -0.15) is 0 Å². The van der Waals surface area contributed by atoms with E-state index < -0.39 is 6.04 Å². The number of hydrogen-bond acceptors (Lipinski definition) is 3. The topological polar surface area (TPSA) is 52.3 Å². The van der Waals surface area contributed by atoms with Crippen molar-refractivity contribution in [1.29, 1.82) is 0 Å². The van der Waals surface area contributed by atoms with Gasteiger partial charge in [0.05, 0.1) is 6.61 Å². The monoisotopic (exact) mass is 307 g/mol. The molecule has 0 bridgehead atoms. The third-order valence-electron chi connectivity index (χ3n) is 3.77. The molecule has 0 aromatic carbocycles. The number of hydrogen-bond donors (Lipinski definition) is 1. The Hall–Kier alpha value is -0.280. The third kappa shape index (κ3) is 11.5. The molecule has 0 unspecified atom stereocenters. The van der Waals surface area contributed by atoms with E-state index in [9.17, 15) is 4.79 Å². The highest BCUT2D eigenvalue weighted by molar-refractivity contribution is 5.85. The fourth-order valence-electron chi connectivity index (χ4n) is 1.99. The minimum atomic E-state index is -0.459. The van der Waals surface area contributed by atoms with Crippen LogP contribution in [0.3, 0.4) is 0 Å². The van der Waals surface area contributed by atoms with E-state index in [1.807, 2.05) is 13.8 Å². The maximum atomic E-state index is 11.6. The third-order valence-corrected chi connectivity index (χ3v) is 3.77. The first-order chi connectivity index (χ1) is 9.13. The predicted octanol–water partition coefficient (Wildman–Crippen LogP) is 4.47. The normalized spacial score (nSPS) is 13.4. The van der Waals surface area contributed by atoms with Crippen LogP contribution in [0.5, 0.6) is 0 Å². The van der Waals surface area contributed by atoms with Crippen molar-refractivity contribution in [2.45, 2.75) is 84.6 Å². The van der Waals surface area contributed by atoms with Crippen molar-refractivity contribution in [3.8, 4) is 0 Å². The van der Waals surface area contributed by atoms with Gasteiger partial charge >= 0.3 is 5.97 Å². The zero-order valence-corrected chi connectivity index (χ0v) is 14.3. The molecule has 0 heterocycles.